The van der Waals surface area contributed by atoms with Gasteiger partial charge in [-0.3, -0.25) is 14.6 Å². The number of carbonyl (C=O) groups is 2. The summed E-state index contributed by atoms with van der Waals surface area (Å²) in [5, 5.41) is 6.41. The molecule has 0 aromatic heterocycles. The average molecular weight is 512 g/mol. The van der Waals surface area contributed by atoms with Crippen molar-refractivity contribution >= 4 is 40.6 Å². The van der Waals surface area contributed by atoms with Crippen LogP contribution in [0.5, 0.6) is 0 Å². The number of rotatable bonds is 9. The van der Waals surface area contributed by atoms with Crippen molar-refractivity contribution < 1.29 is 9.59 Å². The van der Waals surface area contributed by atoms with Crippen LogP contribution in [0.1, 0.15) is 56.3 Å². The molecule has 7 nitrogen and oxygen atoms in total. The zero-order chi connectivity index (χ0) is 25.5. The van der Waals surface area contributed by atoms with Crippen molar-refractivity contribution in [3.05, 3.63) is 53.1 Å². The quantitative estimate of drug-likeness (QED) is 0.451. The third-order valence-electron chi connectivity index (χ3n) is 7.02. The highest BCUT2D eigenvalue weighted by Crippen LogP contribution is 2.42. The Morgan fingerprint density at radius 3 is 2.67 bits per heavy atom. The molecular weight excluding hydrogens is 474 g/mol. The molecule has 2 aliphatic heterocycles. The van der Waals surface area contributed by atoms with Crippen LogP contribution in [0.15, 0.2) is 42.5 Å². The molecular formula is C28H38ClN5O2. The number of hydrogen-bond acceptors (Lipinski definition) is 4. The molecule has 2 heterocycles. The molecule has 2 aromatic carbocycles. The highest BCUT2D eigenvalue weighted by molar-refractivity contribution is 6.36. The van der Waals surface area contributed by atoms with Gasteiger partial charge in [0.25, 0.3) is 5.91 Å². The molecule has 4 rings (SSSR count). The topological polar surface area (TPSA) is 67.9 Å². The number of fused-ring (bicyclic) bond motifs is 2. The minimum absolute atomic E-state index is 0.260. The summed E-state index contributed by atoms with van der Waals surface area (Å²) in [6.07, 6.45) is 6.00. The van der Waals surface area contributed by atoms with E-state index in [0.717, 1.165) is 32.7 Å². The van der Waals surface area contributed by atoms with Crippen LogP contribution in [0.3, 0.4) is 0 Å². The second-order valence-corrected chi connectivity index (χ2v) is 10.1. The maximum absolute atomic E-state index is 13.6. The summed E-state index contributed by atoms with van der Waals surface area (Å²) in [7, 11) is 0. The van der Waals surface area contributed by atoms with Gasteiger partial charge in [0.1, 0.15) is 0 Å². The molecule has 1 saturated heterocycles. The third-order valence-corrected chi connectivity index (χ3v) is 7.33. The van der Waals surface area contributed by atoms with Gasteiger partial charge in [-0.25, -0.2) is 4.79 Å². The number of likely N-dealkylation sites (tertiary alicyclic amines) is 1. The molecule has 1 fully saturated rings. The Morgan fingerprint density at radius 1 is 1.11 bits per heavy atom. The standard InChI is InChI=1S/C28H38ClN5O2/c1-3-16-32(17-4-2)20-21-10-7-8-18-33(21)19-15-30-28(36)34-25-14-6-5-11-22(25)27(35)31-24-13-9-12-23(29)26(24)34/h5-6,9,11-14,21H,3-4,7-8,10,15-20H2,1-2H3,(H,30,36)(H,31,35). The third kappa shape index (κ3) is 6.02. The highest BCUT2D eigenvalue weighted by Gasteiger charge is 2.31. The van der Waals surface area contributed by atoms with Crippen LogP contribution in [-0.2, 0) is 0 Å². The number of halogens is 1. The van der Waals surface area contributed by atoms with E-state index in [1.165, 1.54) is 37.0 Å². The van der Waals surface area contributed by atoms with Crippen molar-refractivity contribution in [3.8, 4) is 0 Å². The molecule has 36 heavy (non-hydrogen) atoms. The first kappa shape index (κ1) is 26.5. The fourth-order valence-electron chi connectivity index (χ4n) is 5.40. The molecule has 0 radical (unpaired) electrons. The van der Waals surface area contributed by atoms with Crippen LogP contribution in [0.2, 0.25) is 5.02 Å². The Labute approximate surface area is 219 Å². The first-order chi connectivity index (χ1) is 17.5. The number of nitrogens with one attached hydrogen (secondary N) is 2. The van der Waals surface area contributed by atoms with E-state index in [2.05, 4.69) is 34.3 Å². The van der Waals surface area contributed by atoms with Crippen molar-refractivity contribution in [2.75, 3.05) is 49.5 Å². The van der Waals surface area contributed by atoms with Gasteiger partial charge in [-0.2, -0.15) is 0 Å². The number of anilines is 3. The molecule has 2 N–H and O–H groups in total. The summed E-state index contributed by atoms with van der Waals surface area (Å²) in [4.78, 5) is 33.1. The minimum atomic E-state index is -0.291. The van der Waals surface area contributed by atoms with Gasteiger partial charge in [0, 0.05) is 25.7 Å². The first-order valence-corrected chi connectivity index (χ1v) is 13.6. The zero-order valence-corrected chi connectivity index (χ0v) is 22.2. The van der Waals surface area contributed by atoms with Crippen molar-refractivity contribution in [2.45, 2.75) is 52.0 Å². The van der Waals surface area contributed by atoms with E-state index in [1.807, 2.05) is 6.07 Å². The molecule has 8 heteroatoms. The first-order valence-electron chi connectivity index (χ1n) is 13.3. The number of nitrogens with zero attached hydrogens (tertiary/aromatic N) is 3. The number of para-hydroxylation sites is 2. The lowest BCUT2D eigenvalue weighted by molar-refractivity contribution is 0.102. The Hall–Kier alpha value is -2.61. The lowest BCUT2D eigenvalue weighted by Gasteiger charge is -2.39. The summed E-state index contributed by atoms with van der Waals surface area (Å²) in [6, 6.07) is 12.6. The summed E-state index contributed by atoms with van der Waals surface area (Å²) in [6.45, 7) is 10.2. The van der Waals surface area contributed by atoms with Gasteiger partial charge < -0.3 is 15.5 Å². The Kier molecular flexibility index (Phi) is 9.24. The van der Waals surface area contributed by atoms with Crippen LogP contribution in [-0.4, -0.2) is 67.0 Å². The van der Waals surface area contributed by atoms with E-state index >= 15 is 0 Å². The smallest absolute Gasteiger partial charge is 0.326 e. The van der Waals surface area contributed by atoms with Crippen molar-refractivity contribution in [1.82, 2.24) is 15.1 Å². The minimum Gasteiger partial charge on any atom is -0.336 e. The summed E-state index contributed by atoms with van der Waals surface area (Å²) in [5.41, 5.74) is 1.95. The number of carbonyl (C=O) groups excluding carboxylic acids is 2. The van der Waals surface area contributed by atoms with E-state index in [-0.39, 0.29) is 11.9 Å². The molecule has 0 aliphatic carbocycles. The molecule has 0 saturated carbocycles. The largest absolute Gasteiger partial charge is 0.336 e. The molecule has 2 aromatic rings. The molecule has 0 bridgehead atoms. The van der Waals surface area contributed by atoms with Crippen LogP contribution < -0.4 is 15.5 Å². The van der Waals surface area contributed by atoms with E-state index in [1.54, 1.807) is 36.4 Å². The molecule has 3 amide bonds. The van der Waals surface area contributed by atoms with Crippen LogP contribution >= 0.6 is 11.6 Å². The molecule has 2 aliphatic rings. The van der Waals surface area contributed by atoms with E-state index < -0.39 is 0 Å². The average Bonchev–Trinajstić information content (AvgIpc) is 3.00. The second kappa shape index (κ2) is 12.6. The molecule has 0 spiro atoms. The van der Waals surface area contributed by atoms with Crippen LogP contribution in [0, 0.1) is 0 Å². The number of piperidine rings is 1. The fourth-order valence-corrected chi connectivity index (χ4v) is 5.66. The second-order valence-electron chi connectivity index (χ2n) is 9.66. The van der Waals surface area contributed by atoms with Crippen molar-refractivity contribution in [1.29, 1.82) is 0 Å². The van der Waals surface area contributed by atoms with Gasteiger partial charge in [0.2, 0.25) is 0 Å². The van der Waals surface area contributed by atoms with E-state index in [9.17, 15) is 9.59 Å². The highest BCUT2D eigenvalue weighted by atomic mass is 35.5. The summed E-state index contributed by atoms with van der Waals surface area (Å²) < 4.78 is 0. The maximum atomic E-state index is 13.6. The van der Waals surface area contributed by atoms with Crippen LogP contribution in [0.4, 0.5) is 21.9 Å². The van der Waals surface area contributed by atoms with Gasteiger partial charge in [-0.05, 0) is 69.6 Å². The van der Waals surface area contributed by atoms with E-state index in [4.69, 9.17) is 11.6 Å². The molecule has 1 unspecified atom stereocenters. The number of urea groups is 1. The number of amides is 3. The lowest BCUT2D eigenvalue weighted by Crippen LogP contribution is -2.50. The van der Waals surface area contributed by atoms with Gasteiger partial charge in [0.05, 0.1) is 27.6 Å². The van der Waals surface area contributed by atoms with Crippen molar-refractivity contribution in [2.24, 2.45) is 0 Å². The van der Waals surface area contributed by atoms with Gasteiger partial charge in [-0.15, -0.1) is 0 Å². The van der Waals surface area contributed by atoms with Crippen LogP contribution in [0.25, 0.3) is 0 Å². The molecule has 194 valence electrons. The SMILES string of the molecule is CCCN(CCC)CC1CCCCN1CCNC(=O)N1c2ccccc2C(=O)Nc2cccc(Cl)c21. The number of benzene rings is 2. The predicted octanol–water partition coefficient (Wildman–Crippen LogP) is 5.73. The monoisotopic (exact) mass is 511 g/mol. The Morgan fingerprint density at radius 2 is 1.89 bits per heavy atom. The van der Waals surface area contributed by atoms with Gasteiger partial charge in [0.15, 0.2) is 0 Å². The summed E-state index contributed by atoms with van der Waals surface area (Å²) >= 11 is 6.56. The van der Waals surface area contributed by atoms with Gasteiger partial charge >= 0.3 is 6.03 Å². The van der Waals surface area contributed by atoms with E-state index in [0.29, 0.717) is 40.2 Å². The zero-order valence-electron chi connectivity index (χ0n) is 21.4. The van der Waals surface area contributed by atoms with Gasteiger partial charge in [-0.1, -0.05) is 50.1 Å². The fraction of sp³-hybridized carbons (Fsp3) is 0.500. The Bertz CT molecular complexity index is 1060. The maximum Gasteiger partial charge on any atom is 0.326 e. The number of hydrogen-bond donors (Lipinski definition) is 2. The van der Waals surface area contributed by atoms with Crippen molar-refractivity contribution in [3.63, 3.8) is 0 Å². The lowest BCUT2D eigenvalue weighted by atomic mass is 10.0. The Balaban J connectivity index is 1.48. The normalized spacial score (nSPS) is 17.8. The predicted molar refractivity (Wildman–Crippen MR) is 148 cm³/mol. The molecule has 1 atom stereocenters. The summed E-state index contributed by atoms with van der Waals surface area (Å²) in [5.74, 6) is -0.260.